The van der Waals surface area contributed by atoms with Gasteiger partial charge < -0.3 is 14.6 Å². The number of amides is 1. The minimum atomic E-state index is -0.797. The smallest absolute Gasteiger partial charge is 0.300 e. The fraction of sp³-hybridized carbons (Fsp3) is 0.290. The van der Waals surface area contributed by atoms with E-state index in [9.17, 15) is 14.7 Å². The van der Waals surface area contributed by atoms with Crippen LogP contribution in [0.3, 0.4) is 0 Å². The molecule has 1 atom stereocenters. The second-order valence-electron chi connectivity index (χ2n) is 9.61. The highest BCUT2D eigenvalue weighted by Gasteiger charge is 2.47. The molecule has 37 heavy (non-hydrogen) atoms. The number of aliphatic hydroxyl groups excluding tert-OH is 1. The summed E-state index contributed by atoms with van der Waals surface area (Å²) in [5, 5.41) is 11.4. The van der Waals surface area contributed by atoms with Gasteiger partial charge in [0, 0.05) is 11.3 Å². The third-order valence-corrected chi connectivity index (χ3v) is 6.27. The maximum Gasteiger partial charge on any atom is 0.300 e. The summed E-state index contributed by atoms with van der Waals surface area (Å²) in [4.78, 5) is 28.3. The van der Waals surface area contributed by atoms with Crippen molar-refractivity contribution in [2.75, 3.05) is 11.5 Å². The molecule has 3 aromatic rings. The second kappa shape index (κ2) is 10.9. The van der Waals surface area contributed by atoms with E-state index in [1.807, 2.05) is 45.0 Å². The standard InChI is InChI=1S/C31H33NO5/c1-6-36-25-16-14-24(15-17-25)32-28(22-12-10-21(11-13-22)19(2)3)27(30(34)31(32)35)29(33)23-8-7-9-26(18-23)37-20(4)5/h7-20,28,33H,6H2,1-5H3/b29-27-. The van der Waals surface area contributed by atoms with Crippen molar-refractivity contribution in [3.63, 3.8) is 0 Å². The highest BCUT2D eigenvalue weighted by molar-refractivity contribution is 6.51. The number of benzene rings is 3. The molecule has 3 aromatic carbocycles. The highest BCUT2D eigenvalue weighted by atomic mass is 16.5. The Morgan fingerprint density at radius 1 is 0.919 bits per heavy atom. The molecule has 1 aliphatic heterocycles. The number of ketones is 1. The van der Waals surface area contributed by atoms with E-state index in [1.54, 1.807) is 48.5 Å². The number of carbonyl (C=O) groups excluding carboxylic acids is 2. The molecule has 1 N–H and O–H groups in total. The normalized spacial score (nSPS) is 17.1. The van der Waals surface area contributed by atoms with Crippen molar-refractivity contribution in [1.29, 1.82) is 0 Å². The predicted molar refractivity (Wildman–Crippen MR) is 145 cm³/mol. The molecule has 0 aliphatic carbocycles. The first-order valence-corrected chi connectivity index (χ1v) is 12.6. The fourth-order valence-electron chi connectivity index (χ4n) is 4.49. The van der Waals surface area contributed by atoms with Crippen LogP contribution in [0.1, 0.15) is 63.3 Å². The highest BCUT2D eigenvalue weighted by Crippen LogP contribution is 2.43. The van der Waals surface area contributed by atoms with Gasteiger partial charge in [0.15, 0.2) is 0 Å². The van der Waals surface area contributed by atoms with Gasteiger partial charge in [-0.2, -0.15) is 0 Å². The van der Waals surface area contributed by atoms with Crippen molar-refractivity contribution < 1.29 is 24.2 Å². The van der Waals surface area contributed by atoms with Crippen LogP contribution in [0.25, 0.3) is 5.76 Å². The van der Waals surface area contributed by atoms with Gasteiger partial charge in [-0.05, 0) is 74.2 Å². The second-order valence-corrected chi connectivity index (χ2v) is 9.61. The Hall–Kier alpha value is -4.06. The SMILES string of the molecule is CCOc1ccc(N2C(=O)C(=O)/C(=C(\O)c3cccc(OC(C)C)c3)C2c2ccc(C(C)C)cc2)cc1. The summed E-state index contributed by atoms with van der Waals surface area (Å²) in [5.41, 5.74) is 2.86. The third kappa shape index (κ3) is 5.38. The Morgan fingerprint density at radius 3 is 2.19 bits per heavy atom. The van der Waals surface area contributed by atoms with Crippen LogP contribution in [0, 0.1) is 0 Å². The Morgan fingerprint density at radius 2 is 1.59 bits per heavy atom. The van der Waals surface area contributed by atoms with E-state index in [0.717, 1.165) is 11.1 Å². The number of ether oxygens (including phenoxy) is 2. The molecule has 0 bridgehead atoms. The van der Waals surface area contributed by atoms with E-state index < -0.39 is 17.7 Å². The lowest BCUT2D eigenvalue weighted by Gasteiger charge is -2.26. The first-order chi connectivity index (χ1) is 17.7. The summed E-state index contributed by atoms with van der Waals surface area (Å²) in [6.45, 7) is 10.5. The number of hydrogen-bond donors (Lipinski definition) is 1. The average molecular weight is 500 g/mol. The van der Waals surface area contributed by atoms with E-state index in [0.29, 0.717) is 35.3 Å². The van der Waals surface area contributed by atoms with Crippen molar-refractivity contribution in [3.8, 4) is 11.5 Å². The summed E-state index contributed by atoms with van der Waals surface area (Å²) in [6, 6.07) is 21.0. The van der Waals surface area contributed by atoms with Gasteiger partial charge in [-0.25, -0.2) is 0 Å². The number of carbonyl (C=O) groups is 2. The number of rotatable bonds is 8. The molecule has 0 saturated carbocycles. The molecular weight excluding hydrogens is 466 g/mol. The zero-order valence-corrected chi connectivity index (χ0v) is 21.9. The number of anilines is 1. The first-order valence-electron chi connectivity index (χ1n) is 12.6. The monoisotopic (exact) mass is 499 g/mol. The zero-order chi connectivity index (χ0) is 26.7. The molecular formula is C31H33NO5. The van der Waals surface area contributed by atoms with Gasteiger partial charge in [0.1, 0.15) is 17.3 Å². The lowest BCUT2D eigenvalue weighted by molar-refractivity contribution is -0.132. The fourth-order valence-corrected chi connectivity index (χ4v) is 4.49. The molecule has 1 saturated heterocycles. The lowest BCUT2D eigenvalue weighted by atomic mass is 9.93. The van der Waals surface area contributed by atoms with Crippen molar-refractivity contribution in [2.24, 2.45) is 0 Å². The molecule has 0 spiro atoms. The van der Waals surface area contributed by atoms with Crippen molar-refractivity contribution in [2.45, 2.75) is 52.7 Å². The van der Waals surface area contributed by atoms with Crippen LogP contribution in [0.2, 0.25) is 0 Å². The van der Waals surface area contributed by atoms with Gasteiger partial charge in [-0.1, -0.05) is 50.2 Å². The summed E-state index contributed by atoms with van der Waals surface area (Å²) >= 11 is 0. The van der Waals surface area contributed by atoms with E-state index >= 15 is 0 Å². The van der Waals surface area contributed by atoms with Crippen molar-refractivity contribution in [3.05, 3.63) is 95.1 Å². The van der Waals surface area contributed by atoms with Crippen LogP contribution in [0.15, 0.2) is 78.4 Å². The minimum absolute atomic E-state index is 0.0397. The molecule has 1 amide bonds. The number of nitrogens with zero attached hydrogens (tertiary/aromatic N) is 1. The molecule has 0 aromatic heterocycles. The summed E-state index contributed by atoms with van der Waals surface area (Å²) < 4.78 is 11.3. The molecule has 1 heterocycles. The van der Waals surface area contributed by atoms with Crippen molar-refractivity contribution >= 4 is 23.1 Å². The lowest BCUT2D eigenvalue weighted by Crippen LogP contribution is -2.29. The minimum Gasteiger partial charge on any atom is -0.507 e. The molecule has 192 valence electrons. The summed E-state index contributed by atoms with van der Waals surface area (Å²) in [5.74, 6) is -0.104. The average Bonchev–Trinajstić information content (AvgIpc) is 3.14. The predicted octanol–water partition coefficient (Wildman–Crippen LogP) is 6.62. The van der Waals surface area contributed by atoms with E-state index in [2.05, 4.69) is 13.8 Å². The Balaban J connectivity index is 1.86. The maximum absolute atomic E-state index is 13.4. The van der Waals surface area contributed by atoms with Crippen LogP contribution in [-0.4, -0.2) is 29.5 Å². The summed E-state index contributed by atoms with van der Waals surface area (Å²) in [7, 11) is 0. The zero-order valence-electron chi connectivity index (χ0n) is 21.9. The molecule has 1 unspecified atom stereocenters. The number of aliphatic hydroxyl groups is 1. The first kappa shape index (κ1) is 26.0. The largest absolute Gasteiger partial charge is 0.507 e. The van der Waals surface area contributed by atoms with Crippen LogP contribution < -0.4 is 14.4 Å². The number of hydrogen-bond acceptors (Lipinski definition) is 5. The molecule has 1 aliphatic rings. The van der Waals surface area contributed by atoms with Gasteiger partial charge >= 0.3 is 0 Å². The summed E-state index contributed by atoms with van der Waals surface area (Å²) in [6.07, 6.45) is -0.0536. The van der Waals surface area contributed by atoms with Crippen LogP contribution in [0.4, 0.5) is 5.69 Å². The van der Waals surface area contributed by atoms with Crippen molar-refractivity contribution in [1.82, 2.24) is 0 Å². The molecule has 0 radical (unpaired) electrons. The van der Waals surface area contributed by atoms with Gasteiger partial charge in [-0.3, -0.25) is 14.5 Å². The van der Waals surface area contributed by atoms with Gasteiger partial charge in [0.05, 0.1) is 24.3 Å². The molecule has 6 nitrogen and oxygen atoms in total. The Labute approximate surface area is 218 Å². The van der Waals surface area contributed by atoms with Crippen LogP contribution >= 0.6 is 0 Å². The van der Waals surface area contributed by atoms with E-state index in [4.69, 9.17) is 9.47 Å². The third-order valence-electron chi connectivity index (χ3n) is 6.27. The molecule has 4 rings (SSSR count). The molecule has 6 heteroatoms. The quantitative estimate of drug-likeness (QED) is 0.214. The Bertz CT molecular complexity index is 1310. The van der Waals surface area contributed by atoms with Crippen LogP contribution in [-0.2, 0) is 9.59 Å². The van der Waals surface area contributed by atoms with E-state index in [-0.39, 0.29) is 17.4 Å². The van der Waals surface area contributed by atoms with Gasteiger partial charge in [0.2, 0.25) is 0 Å². The molecule has 1 fully saturated rings. The number of Topliss-reactive ketones (excluding diaryl/α,β-unsaturated/α-hetero) is 1. The Kier molecular flexibility index (Phi) is 7.67. The topological polar surface area (TPSA) is 76.1 Å². The van der Waals surface area contributed by atoms with E-state index in [1.165, 1.54) is 4.90 Å². The van der Waals surface area contributed by atoms with Crippen LogP contribution in [0.5, 0.6) is 11.5 Å². The van der Waals surface area contributed by atoms with Gasteiger partial charge in [-0.15, -0.1) is 0 Å². The maximum atomic E-state index is 13.4. The van der Waals surface area contributed by atoms with Gasteiger partial charge in [0.25, 0.3) is 11.7 Å².